The summed E-state index contributed by atoms with van der Waals surface area (Å²) in [6.45, 7) is 9.03. The minimum absolute atomic E-state index is 0.191. The van der Waals surface area contributed by atoms with E-state index in [1.165, 1.54) is 0 Å². The topological polar surface area (TPSA) is 67.2 Å². The van der Waals surface area contributed by atoms with Gasteiger partial charge in [0.25, 0.3) is 5.91 Å². The number of carbonyl (C=O) groups excluding carboxylic acids is 2. The van der Waals surface area contributed by atoms with Crippen molar-refractivity contribution < 1.29 is 14.3 Å². The van der Waals surface area contributed by atoms with E-state index in [-0.39, 0.29) is 5.92 Å². The van der Waals surface area contributed by atoms with Crippen LogP contribution < -0.4 is 5.73 Å². The lowest BCUT2D eigenvalue weighted by Crippen LogP contribution is -2.34. The Labute approximate surface area is 91.2 Å². The van der Waals surface area contributed by atoms with Crippen molar-refractivity contribution in [2.45, 2.75) is 46.6 Å². The molecule has 0 aliphatic rings. The van der Waals surface area contributed by atoms with Crippen LogP contribution in [0.25, 0.3) is 0 Å². The summed E-state index contributed by atoms with van der Waals surface area (Å²) in [5.41, 5.74) is 6.42. The van der Waals surface area contributed by atoms with Crippen molar-refractivity contribution in [1.29, 1.82) is 0 Å². The lowest BCUT2D eigenvalue weighted by molar-refractivity contribution is -0.162. The highest BCUT2D eigenvalue weighted by atomic mass is 16.6. The molecule has 0 aliphatic heterocycles. The van der Waals surface area contributed by atoms with Crippen LogP contribution in [0.2, 0.25) is 0 Å². The maximum atomic E-state index is 11.6. The summed E-state index contributed by atoms with van der Waals surface area (Å²) >= 11 is 0. The van der Waals surface area contributed by atoms with Gasteiger partial charge in [-0.05, 0) is 33.1 Å². The van der Waals surface area contributed by atoms with Gasteiger partial charge >= 0.3 is 5.97 Å². The molecule has 1 N–H and O–H groups in total. The molecular formula is C11H20NO3. The zero-order valence-electron chi connectivity index (χ0n) is 10.1. The van der Waals surface area contributed by atoms with Gasteiger partial charge in [0.2, 0.25) is 0 Å². The van der Waals surface area contributed by atoms with E-state index in [9.17, 15) is 9.59 Å². The largest absolute Gasteiger partial charge is 0.459 e. The fourth-order valence-electron chi connectivity index (χ4n) is 1.15. The first-order valence-corrected chi connectivity index (χ1v) is 5.12. The minimum Gasteiger partial charge on any atom is -0.459 e. The standard InChI is InChI=1S/C11H20NO3/c1-7(2)6-8(9(12)13)10(14)15-11(3,4)5/h7-8,12H,6H2,1-5H3. The molecule has 0 heterocycles. The predicted molar refractivity (Wildman–Crippen MR) is 56.9 cm³/mol. The number of nitrogens with one attached hydrogen (secondary N) is 1. The summed E-state index contributed by atoms with van der Waals surface area (Å²) in [7, 11) is 0. The zero-order chi connectivity index (χ0) is 12.2. The SMILES string of the molecule is CC(C)CC(C([NH])=O)C(=O)OC(C)(C)C. The number of esters is 1. The van der Waals surface area contributed by atoms with Crippen molar-refractivity contribution in [1.82, 2.24) is 5.73 Å². The van der Waals surface area contributed by atoms with Crippen molar-refractivity contribution in [3.05, 3.63) is 0 Å². The van der Waals surface area contributed by atoms with Crippen molar-refractivity contribution >= 4 is 11.9 Å². The van der Waals surface area contributed by atoms with Crippen LogP contribution in [0.4, 0.5) is 0 Å². The third-order valence-corrected chi connectivity index (χ3v) is 1.71. The van der Waals surface area contributed by atoms with Gasteiger partial charge in [0.1, 0.15) is 11.5 Å². The summed E-state index contributed by atoms with van der Waals surface area (Å²) in [6.07, 6.45) is 0.372. The average Bonchev–Trinajstić information content (AvgIpc) is 1.95. The van der Waals surface area contributed by atoms with Gasteiger partial charge in [-0.25, -0.2) is 0 Å². The number of rotatable bonds is 4. The summed E-state index contributed by atoms with van der Waals surface area (Å²) in [5, 5.41) is 0. The van der Waals surface area contributed by atoms with Crippen LogP contribution in [0.15, 0.2) is 0 Å². The molecule has 0 bridgehead atoms. The molecule has 87 valence electrons. The van der Waals surface area contributed by atoms with Gasteiger partial charge in [-0.3, -0.25) is 15.3 Å². The van der Waals surface area contributed by atoms with Crippen LogP contribution in [0.1, 0.15) is 41.0 Å². The number of carbonyl (C=O) groups is 2. The third-order valence-electron chi connectivity index (χ3n) is 1.71. The molecule has 0 aromatic carbocycles. The molecule has 0 aromatic rings. The van der Waals surface area contributed by atoms with Gasteiger partial charge in [0.15, 0.2) is 0 Å². The van der Waals surface area contributed by atoms with E-state index in [0.717, 1.165) is 0 Å². The van der Waals surface area contributed by atoms with Crippen LogP contribution in [-0.4, -0.2) is 17.5 Å². The van der Waals surface area contributed by atoms with E-state index in [1.807, 2.05) is 13.8 Å². The van der Waals surface area contributed by atoms with Crippen LogP contribution >= 0.6 is 0 Å². The Morgan fingerprint density at radius 1 is 1.27 bits per heavy atom. The Kier molecular flexibility index (Phi) is 4.78. The molecule has 1 atom stereocenters. The smallest absolute Gasteiger partial charge is 0.319 e. The Bertz CT molecular complexity index is 241. The summed E-state index contributed by atoms with van der Waals surface area (Å²) in [5.74, 6) is -2.20. The van der Waals surface area contributed by atoms with Crippen LogP contribution in [0.5, 0.6) is 0 Å². The van der Waals surface area contributed by atoms with Crippen molar-refractivity contribution in [2.24, 2.45) is 11.8 Å². The van der Waals surface area contributed by atoms with Crippen molar-refractivity contribution in [3.63, 3.8) is 0 Å². The maximum Gasteiger partial charge on any atom is 0.319 e. The molecule has 15 heavy (non-hydrogen) atoms. The lowest BCUT2D eigenvalue weighted by atomic mass is 9.96. The fourth-order valence-corrected chi connectivity index (χ4v) is 1.15. The average molecular weight is 214 g/mol. The quantitative estimate of drug-likeness (QED) is 0.529. The van der Waals surface area contributed by atoms with Gasteiger partial charge in [0.05, 0.1) is 0 Å². The monoisotopic (exact) mass is 214 g/mol. The first-order valence-electron chi connectivity index (χ1n) is 5.12. The molecule has 0 aromatic heterocycles. The van der Waals surface area contributed by atoms with E-state index < -0.39 is 23.4 Å². The number of ether oxygens (including phenoxy) is 1. The predicted octanol–water partition coefficient (Wildman–Crippen LogP) is 1.80. The van der Waals surface area contributed by atoms with Crippen LogP contribution in [0, 0.1) is 11.8 Å². The normalized spacial score (nSPS) is 13.7. The van der Waals surface area contributed by atoms with E-state index in [1.54, 1.807) is 20.8 Å². The second-order valence-electron chi connectivity index (χ2n) is 5.08. The van der Waals surface area contributed by atoms with Gasteiger partial charge in [-0.2, -0.15) is 0 Å². The molecule has 0 saturated carbocycles. The molecular weight excluding hydrogens is 194 g/mol. The Balaban J connectivity index is 4.50. The first kappa shape index (κ1) is 13.9. The fraction of sp³-hybridized carbons (Fsp3) is 0.818. The Morgan fingerprint density at radius 3 is 2.00 bits per heavy atom. The van der Waals surface area contributed by atoms with Gasteiger partial charge in [-0.15, -0.1) is 0 Å². The summed E-state index contributed by atoms with van der Waals surface area (Å²) in [6, 6.07) is 0. The second-order valence-corrected chi connectivity index (χ2v) is 5.08. The molecule has 1 radical (unpaired) electrons. The summed E-state index contributed by atoms with van der Waals surface area (Å²) < 4.78 is 5.08. The highest BCUT2D eigenvalue weighted by molar-refractivity contribution is 5.96. The van der Waals surface area contributed by atoms with Crippen LogP contribution in [-0.2, 0) is 14.3 Å². The first-order chi connectivity index (χ1) is 6.63. The van der Waals surface area contributed by atoms with Gasteiger partial charge in [0, 0.05) is 0 Å². The molecule has 0 rings (SSSR count). The Morgan fingerprint density at radius 2 is 1.73 bits per heavy atom. The molecule has 0 spiro atoms. The minimum atomic E-state index is -0.941. The molecule has 0 aliphatic carbocycles. The molecule has 4 nitrogen and oxygen atoms in total. The van der Waals surface area contributed by atoms with Crippen LogP contribution in [0.3, 0.4) is 0 Å². The highest BCUT2D eigenvalue weighted by Crippen LogP contribution is 2.17. The van der Waals surface area contributed by atoms with Crippen molar-refractivity contribution in [2.75, 3.05) is 0 Å². The number of hydrogen-bond donors (Lipinski definition) is 0. The van der Waals surface area contributed by atoms with E-state index >= 15 is 0 Å². The van der Waals surface area contributed by atoms with E-state index in [4.69, 9.17) is 10.5 Å². The number of amides is 1. The molecule has 1 unspecified atom stereocenters. The second kappa shape index (κ2) is 5.14. The molecule has 1 amide bonds. The highest BCUT2D eigenvalue weighted by Gasteiger charge is 2.30. The molecule has 0 fully saturated rings. The molecule has 0 saturated heterocycles. The Hall–Kier alpha value is -1.06. The van der Waals surface area contributed by atoms with Gasteiger partial charge < -0.3 is 4.74 Å². The van der Waals surface area contributed by atoms with Crippen molar-refractivity contribution in [3.8, 4) is 0 Å². The maximum absolute atomic E-state index is 11.6. The third kappa shape index (κ3) is 6.10. The summed E-state index contributed by atoms with van der Waals surface area (Å²) in [4.78, 5) is 22.5. The lowest BCUT2D eigenvalue weighted by Gasteiger charge is -2.23. The number of hydrogen-bond acceptors (Lipinski definition) is 3. The van der Waals surface area contributed by atoms with E-state index in [0.29, 0.717) is 6.42 Å². The van der Waals surface area contributed by atoms with E-state index in [2.05, 4.69) is 0 Å². The molecule has 4 heteroatoms. The zero-order valence-corrected chi connectivity index (χ0v) is 10.1. The van der Waals surface area contributed by atoms with Gasteiger partial charge in [-0.1, -0.05) is 13.8 Å².